The Kier molecular flexibility index (Phi) is 6.06. The fourth-order valence-electron chi connectivity index (χ4n) is 1.77. The number of benzene rings is 2. The van der Waals surface area contributed by atoms with Gasteiger partial charge in [0.1, 0.15) is 11.6 Å². The minimum atomic E-state index is -0.480. The van der Waals surface area contributed by atoms with E-state index in [0.29, 0.717) is 10.2 Å². The van der Waals surface area contributed by atoms with Gasteiger partial charge in [0.2, 0.25) is 0 Å². The molecule has 0 heterocycles. The van der Waals surface area contributed by atoms with Crippen molar-refractivity contribution in [2.75, 3.05) is 11.9 Å². The highest BCUT2D eigenvalue weighted by molar-refractivity contribution is 9.10. The molecule has 0 saturated carbocycles. The molecule has 4 nitrogen and oxygen atoms in total. The van der Waals surface area contributed by atoms with Crippen molar-refractivity contribution in [2.45, 2.75) is 6.92 Å². The first-order valence-corrected chi connectivity index (χ1v) is 7.90. The van der Waals surface area contributed by atoms with Crippen molar-refractivity contribution in [3.05, 3.63) is 58.3 Å². The Labute approximate surface area is 147 Å². The molecule has 2 aromatic rings. The van der Waals surface area contributed by atoms with Gasteiger partial charge in [-0.25, -0.2) is 4.39 Å². The van der Waals surface area contributed by atoms with Crippen LogP contribution >= 0.6 is 28.1 Å². The Morgan fingerprint density at radius 2 is 2.04 bits per heavy atom. The third-order valence-corrected chi connectivity index (χ3v) is 3.58. The first-order valence-electron chi connectivity index (χ1n) is 6.70. The Morgan fingerprint density at radius 1 is 1.30 bits per heavy atom. The molecular weight excluding hydrogens is 383 g/mol. The van der Waals surface area contributed by atoms with Gasteiger partial charge in [-0.2, -0.15) is 0 Å². The van der Waals surface area contributed by atoms with E-state index < -0.39 is 11.7 Å². The van der Waals surface area contributed by atoms with Gasteiger partial charge in [-0.3, -0.25) is 10.1 Å². The monoisotopic (exact) mass is 396 g/mol. The summed E-state index contributed by atoms with van der Waals surface area (Å²) >= 11 is 8.15. The summed E-state index contributed by atoms with van der Waals surface area (Å²) in [5.41, 5.74) is 1.11. The quantitative estimate of drug-likeness (QED) is 0.771. The van der Waals surface area contributed by atoms with E-state index in [4.69, 9.17) is 17.0 Å². The van der Waals surface area contributed by atoms with Crippen LogP contribution in [0.4, 0.5) is 10.1 Å². The molecule has 2 rings (SSSR count). The zero-order valence-corrected chi connectivity index (χ0v) is 14.6. The van der Waals surface area contributed by atoms with Crippen LogP contribution in [0.15, 0.2) is 46.9 Å². The van der Waals surface area contributed by atoms with Gasteiger partial charge in [0, 0.05) is 4.47 Å². The number of para-hydroxylation sites is 1. The zero-order valence-electron chi connectivity index (χ0n) is 12.2. The lowest BCUT2D eigenvalue weighted by molar-refractivity contribution is -0.121. The molecule has 0 fully saturated rings. The fraction of sp³-hybridized carbons (Fsp3) is 0.125. The van der Waals surface area contributed by atoms with Gasteiger partial charge in [0.25, 0.3) is 5.91 Å². The maximum Gasteiger partial charge on any atom is 0.264 e. The first kappa shape index (κ1) is 17.4. The highest BCUT2D eigenvalue weighted by atomic mass is 79.9. The van der Waals surface area contributed by atoms with Gasteiger partial charge in [-0.1, -0.05) is 34.1 Å². The molecule has 0 aliphatic heterocycles. The average molecular weight is 397 g/mol. The van der Waals surface area contributed by atoms with Crippen LogP contribution in [0.2, 0.25) is 0 Å². The Morgan fingerprint density at radius 3 is 2.74 bits per heavy atom. The molecule has 0 aliphatic carbocycles. The molecule has 1 amide bonds. The van der Waals surface area contributed by atoms with Gasteiger partial charge in [0.05, 0.1) is 5.69 Å². The Balaban J connectivity index is 1.85. The van der Waals surface area contributed by atoms with E-state index in [0.717, 1.165) is 5.56 Å². The van der Waals surface area contributed by atoms with Crippen molar-refractivity contribution in [3.8, 4) is 5.75 Å². The molecule has 0 radical (unpaired) electrons. The molecule has 7 heteroatoms. The number of anilines is 1. The molecule has 0 atom stereocenters. The van der Waals surface area contributed by atoms with Crippen molar-refractivity contribution in [1.29, 1.82) is 0 Å². The van der Waals surface area contributed by atoms with Crippen LogP contribution in [-0.2, 0) is 4.79 Å². The third-order valence-electron chi connectivity index (χ3n) is 2.88. The molecule has 2 aromatic carbocycles. The Hall–Kier alpha value is -1.99. The normalized spacial score (nSPS) is 10.0. The largest absolute Gasteiger partial charge is 0.483 e. The van der Waals surface area contributed by atoms with Crippen LogP contribution in [-0.4, -0.2) is 17.6 Å². The van der Waals surface area contributed by atoms with E-state index in [1.807, 2.05) is 25.1 Å². The minimum absolute atomic E-state index is 0.00426. The fourth-order valence-corrected chi connectivity index (χ4v) is 2.33. The van der Waals surface area contributed by atoms with Crippen LogP contribution in [0.25, 0.3) is 0 Å². The molecule has 0 spiro atoms. The lowest BCUT2D eigenvalue weighted by Gasteiger charge is -2.12. The third kappa shape index (κ3) is 5.30. The summed E-state index contributed by atoms with van der Waals surface area (Å²) in [5.74, 6) is -0.282. The highest BCUT2D eigenvalue weighted by Gasteiger charge is 2.09. The number of nitrogens with one attached hydrogen (secondary N) is 2. The number of rotatable bonds is 4. The van der Waals surface area contributed by atoms with Crippen molar-refractivity contribution < 1.29 is 13.9 Å². The van der Waals surface area contributed by atoms with E-state index in [2.05, 4.69) is 26.6 Å². The van der Waals surface area contributed by atoms with Crippen molar-refractivity contribution in [3.63, 3.8) is 0 Å². The van der Waals surface area contributed by atoms with Crippen LogP contribution in [0.3, 0.4) is 0 Å². The minimum Gasteiger partial charge on any atom is -0.483 e. The van der Waals surface area contributed by atoms with Crippen LogP contribution in [0.1, 0.15) is 5.56 Å². The first-order chi connectivity index (χ1) is 11.0. The summed E-state index contributed by atoms with van der Waals surface area (Å²) in [6.45, 7) is 1.70. The smallest absolute Gasteiger partial charge is 0.264 e. The van der Waals surface area contributed by atoms with Crippen molar-refractivity contribution in [1.82, 2.24) is 5.32 Å². The molecule has 0 aliphatic rings. The van der Waals surface area contributed by atoms with Gasteiger partial charge >= 0.3 is 0 Å². The molecular formula is C16H14BrFN2O2S. The maximum atomic E-state index is 13.7. The standard InChI is InChI=1S/C16H14BrFN2O2S/c1-10-4-2-3-5-14(10)22-9-15(21)20-16(23)19-13-7-6-11(17)8-12(13)18/h2-8H,9H2,1H3,(H2,19,20,21,23). The van der Waals surface area contributed by atoms with E-state index in [9.17, 15) is 9.18 Å². The number of halogens is 2. The molecule has 0 aromatic heterocycles. The molecule has 2 N–H and O–H groups in total. The lowest BCUT2D eigenvalue weighted by Crippen LogP contribution is -2.37. The topological polar surface area (TPSA) is 50.4 Å². The second kappa shape index (κ2) is 8.03. The highest BCUT2D eigenvalue weighted by Crippen LogP contribution is 2.19. The second-order valence-corrected chi connectivity index (χ2v) is 6.00. The number of ether oxygens (including phenoxy) is 1. The van der Waals surface area contributed by atoms with Gasteiger partial charge in [-0.05, 0) is 49.0 Å². The van der Waals surface area contributed by atoms with Crippen LogP contribution in [0.5, 0.6) is 5.75 Å². The number of amides is 1. The molecule has 120 valence electrons. The molecule has 23 heavy (non-hydrogen) atoms. The lowest BCUT2D eigenvalue weighted by atomic mass is 10.2. The van der Waals surface area contributed by atoms with Gasteiger partial charge in [0.15, 0.2) is 11.7 Å². The predicted molar refractivity (Wildman–Crippen MR) is 95.1 cm³/mol. The van der Waals surface area contributed by atoms with Crippen molar-refractivity contribution in [2.24, 2.45) is 0 Å². The number of aryl methyl sites for hydroxylation is 1. The molecule has 0 unspecified atom stereocenters. The molecule has 0 bridgehead atoms. The summed E-state index contributed by atoms with van der Waals surface area (Å²) in [7, 11) is 0. The van der Waals surface area contributed by atoms with Crippen LogP contribution < -0.4 is 15.4 Å². The van der Waals surface area contributed by atoms with E-state index in [1.165, 1.54) is 12.1 Å². The van der Waals surface area contributed by atoms with E-state index >= 15 is 0 Å². The summed E-state index contributed by atoms with van der Waals surface area (Å²) in [6, 6.07) is 11.8. The summed E-state index contributed by atoms with van der Waals surface area (Å²) in [4.78, 5) is 11.8. The van der Waals surface area contributed by atoms with E-state index in [-0.39, 0.29) is 17.4 Å². The predicted octanol–water partition coefficient (Wildman–Crippen LogP) is 3.79. The number of hydrogen-bond acceptors (Lipinski definition) is 3. The number of carbonyl (C=O) groups excluding carboxylic acids is 1. The number of hydrogen-bond donors (Lipinski definition) is 2. The van der Waals surface area contributed by atoms with Gasteiger partial charge in [-0.15, -0.1) is 0 Å². The maximum absolute atomic E-state index is 13.7. The van der Waals surface area contributed by atoms with Crippen molar-refractivity contribution >= 4 is 44.9 Å². The second-order valence-electron chi connectivity index (χ2n) is 4.68. The number of thiocarbonyl (C=S) groups is 1. The number of carbonyl (C=O) groups is 1. The van der Waals surface area contributed by atoms with Crippen LogP contribution in [0, 0.1) is 12.7 Å². The summed E-state index contributed by atoms with van der Waals surface area (Å²) < 4.78 is 19.7. The van der Waals surface area contributed by atoms with E-state index in [1.54, 1.807) is 12.1 Å². The average Bonchev–Trinajstić information content (AvgIpc) is 2.49. The SMILES string of the molecule is Cc1ccccc1OCC(=O)NC(=S)Nc1ccc(Br)cc1F. The summed E-state index contributed by atoms with van der Waals surface area (Å²) in [5, 5.41) is 5.07. The zero-order chi connectivity index (χ0) is 16.8. The molecule has 0 saturated heterocycles. The summed E-state index contributed by atoms with van der Waals surface area (Å²) in [6.07, 6.45) is 0. The Bertz CT molecular complexity index is 740. The van der Waals surface area contributed by atoms with Gasteiger partial charge < -0.3 is 10.1 Å².